The van der Waals surface area contributed by atoms with E-state index in [4.69, 9.17) is 4.74 Å². The van der Waals surface area contributed by atoms with Crippen LogP contribution in [0.5, 0.6) is 5.88 Å². The minimum absolute atomic E-state index is 0.159. The number of hydrogen-bond donors (Lipinski definition) is 1. The molecule has 0 saturated carbocycles. The predicted octanol–water partition coefficient (Wildman–Crippen LogP) is 2.11. The molecule has 0 radical (unpaired) electrons. The molecule has 3 aromatic heterocycles. The molecule has 10 heteroatoms. The summed E-state index contributed by atoms with van der Waals surface area (Å²) in [7, 11) is 5.06. The van der Waals surface area contributed by atoms with Crippen LogP contribution in [0.2, 0.25) is 0 Å². The number of ether oxygens (including phenoxy) is 1. The maximum Gasteiger partial charge on any atom is 0.276 e. The molecular weight excluding hydrogens is 408 g/mol. The number of aryl methyl sites for hydroxylation is 1. The summed E-state index contributed by atoms with van der Waals surface area (Å²) < 4.78 is 6.86. The van der Waals surface area contributed by atoms with E-state index in [9.17, 15) is 4.79 Å². The Morgan fingerprint density at radius 2 is 2.03 bits per heavy atom. The Labute approximate surface area is 184 Å². The predicted molar refractivity (Wildman–Crippen MR) is 120 cm³/mol. The summed E-state index contributed by atoms with van der Waals surface area (Å²) in [6, 6.07) is 8.92. The van der Waals surface area contributed by atoms with Crippen molar-refractivity contribution in [2.75, 3.05) is 31.4 Å². The van der Waals surface area contributed by atoms with Gasteiger partial charge in [0.05, 0.1) is 36.2 Å². The van der Waals surface area contributed by atoms with E-state index in [0.717, 1.165) is 16.6 Å². The molecule has 0 bridgehead atoms. The van der Waals surface area contributed by atoms with Crippen molar-refractivity contribution < 1.29 is 9.53 Å². The second-order valence-electron chi connectivity index (χ2n) is 7.07. The molecule has 4 aromatic rings. The van der Waals surface area contributed by atoms with Crippen molar-refractivity contribution in [3.8, 4) is 17.8 Å². The number of aromatic nitrogens is 6. The zero-order valence-corrected chi connectivity index (χ0v) is 18.0. The third-order valence-corrected chi connectivity index (χ3v) is 4.57. The highest BCUT2D eigenvalue weighted by atomic mass is 16.5. The standard InChI is InChI=1S/C22H20N8O2/c1-14-5-6-17-15(9-14)26-13-30(17)8-7-19-24-11-18(29(2)3)20(28-19)21(31)27-16-10-23-12-25-22(16)32-4/h5-6,9-13H,1-4H3,(H,27,31). The van der Waals surface area contributed by atoms with E-state index >= 15 is 0 Å². The highest BCUT2D eigenvalue weighted by molar-refractivity contribution is 6.07. The van der Waals surface area contributed by atoms with Crippen LogP contribution in [-0.2, 0) is 0 Å². The summed E-state index contributed by atoms with van der Waals surface area (Å²) in [5, 5.41) is 2.73. The quantitative estimate of drug-likeness (QED) is 0.492. The van der Waals surface area contributed by atoms with Crippen LogP contribution in [0, 0.1) is 18.9 Å². The Hall–Kier alpha value is -4.52. The van der Waals surface area contributed by atoms with E-state index in [-0.39, 0.29) is 17.4 Å². The fourth-order valence-corrected chi connectivity index (χ4v) is 3.00. The Morgan fingerprint density at radius 1 is 1.19 bits per heavy atom. The minimum Gasteiger partial charge on any atom is -0.479 e. The first kappa shape index (κ1) is 20.7. The monoisotopic (exact) mass is 428 g/mol. The van der Waals surface area contributed by atoms with Crippen molar-refractivity contribution in [2.45, 2.75) is 6.92 Å². The Balaban J connectivity index is 1.68. The van der Waals surface area contributed by atoms with Crippen LogP contribution in [0.3, 0.4) is 0 Å². The zero-order valence-electron chi connectivity index (χ0n) is 18.0. The molecule has 32 heavy (non-hydrogen) atoms. The Kier molecular flexibility index (Phi) is 5.63. The molecule has 0 atom stereocenters. The van der Waals surface area contributed by atoms with Gasteiger partial charge in [-0.05, 0) is 30.5 Å². The molecule has 3 heterocycles. The highest BCUT2D eigenvalue weighted by Gasteiger charge is 2.18. The van der Waals surface area contributed by atoms with E-state index in [1.807, 2.05) is 25.1 Å². The molecule has 0 saturated heterocycles. The van der Waals surface area contributed by atoms with Crippen LogP contribution < -0.4 is 15.0 Å². The molecule has 0 unspecified atom stereocenters. The molecule has 0 spiro atoms. The molecule has 0 aliphatic heterocycles. The van der Waals surface area contributed by atoms with Crippen molar-refractivity contribution in [3.63, 3.8) is 0 Å². The molecule has 1 aromatic carbocycles. The summed E-state index contributed by atoms with van der Waals surface area (Å²) in [6.07, 6.45) is 5.98. The zero-order chi connectivity index (χ0) is 22.7. The average Bonchev–Trinajstić information content (AvgIpc) is 3.19. The van der Waals surface area contributed by atoms with Gasteiger partial charge in [-0.1, -0.05) is 6.07 Å². The van der Waals surface area contributed by atoms with Gasteiger partial charge >= 0.3 is 0 Å². The van der Waals surface area contributed by atoms with Gasteiger partial charge in [0.1, 0.15) is 18.3 Å². The molecule has 0 aliphatic carbocycles. The maximum absolute atomic E-state index is 13.0. The summed E-state index contributed by atoms with van der Waals surface area (Å²) in [5.41, 5.74) is 3.87. The minimum atomic E-state index is -0.462. The largest absolute Gasteiger partial charge is 0.479 e. The number of carbonyl (C=O) groups excluding carboxylic acids is 1. The topological polar surface area (TPSA) is 111 Å². The Bertz CT molecular complexity index is 1370. The second-order valence-corrected chi connectivity index (χ2v) is 7.07. The van der Waals surface area contributed by atoms with E-state index in [1.165, 1.54) is 19.6 Å². The number of amides is 1. The second kappa shape index (κ2) is 8.69. The first-order chi connectivity index (χ1) is 15.5. The van der Waals surface area contributed by atoms with Crippen LogP contribution in [0.1, 0.15) is 21.9 Å². The van der Waals surface area contributed by atoms with Crippen LogP contribution >= 0.6 is 0 Å². The molecule has 1 N–H and O–H groups in total. The van der Waals surface area contributed by atoms with E-state index in [2.05, 4.69) is 42.2 Å². The summed E-state index contributed by atoms with van der Waals surface area (Å²) >= 11 is 0. The van der Waals surface area contributed by atoms with Crippen molar-refractivity contribution >= 4 is 28.3 Å². The SMILES string of the molecule is COc1ncncc1NC(=O)c1nc(C#Cn2cnc3cc(C)ccc32)ncc1N(C)C. The number of methoxy groups -OCH3 is 1. The van der Waals surface area contributed by atoms with Crippen molar-refractivity contribution in [3.05, 3.63) is 60.3 Å². The first-order valence-electron chi connectivity index (χ1n) is 9.61. The maximum atomic E-state index is 13.0. The van der Waals surface area contributed by atoms with Crippen molar-refractivity contribution in [1.29, 1.82) is 0 Å². The fraction of sp³-hybridized carbons (Fsp3) is 0.182. The molecule has 160 valence electrons. The number of nitrogens with zero attached hydrogens (tertiary/aromatic N) is 7. The molecule has 1 amide bonds. The van der Waals surface area contributed by atoms with Crippen LogP contribution in [0.25, 0.3) is 11.0 Å². The molecule has 10 nitrogen and oxygen atoms in total. The number of imidazole rings is 1. The highest BCUT2D eigenvalue weighted by Crippen LogP contribution is 2.22. The third kappa shape index (κ3) is 4.17. The number of hydrogen-bond acceptors (Lipinski definition) is 8. The summed E-state index contributed by atoms with van der Waals surface area (Å²) in [6.45, 7) is 2.01. The Morgan fingerprint density at radius 3 is 2.81 bits per heavy atom. The summed E-state index contributed by atoms with van der Waals surface area (Å²) in [5.74, 6) is 2.89. The lowest BCUT2D eigenvalue weighted by Crippen LogP contribution is -2.21. The van der Waals surface area contributed by atoms with Gasteiger partial charge in [-0.2, -0.15) is 4.98 Å². The first-order valence-corrected chi connectivity index (χ1v) is 9.61. The molecule has 4 rings (SSSR count). The number of carbonyl (C=O) groups is 1. The van der Waals surface area contributed by atoms with Crippen molar-refractivity contribution in [1.82, 2.24) is 29.5 Å². The third-order valence-electron chi connectivity index (χ3n) is 4.57. The van der Waals surface area contributed by atoms with Gasteiger partial charge < -0.3 is 15.0 Å². The average molecular weight is 428 g/mol. The molecule has 0 fully saturated rings. The van der Waals surface area contributed by atoms with Crippen LogP contribution in [0.15, 0.2) is 43.2 Å². The molecular formula is C22H20N8O2. The van der Waals surface area contributed by atoms with Gasteiger partial charge in [0.25, 0.3) is 5.91 Å². The van der Waals surface area contributed by atoms with Crippen LogP contribution in [0.4, 0.5) is 11.4 Å². The van der Waals surface area contributed by atoms with Gasteiger partial charge in [-0.25, -0.2) is 19.9 Å². The van der Waals surface area contributed by atoms with E-state index < -0.39 is 5.91 Å². The van der Waals surface area contributed by atoms with E-state index in [1.54, 1.807) is 36.1 Å². The van der Waals surface area contributed by atoms with Gasteiger partial charge in [0, 0.05) is 20.1 Å². The van der Waals surface area contributed by atoms with Crippen LogP contribution in [-0.4, -0.2) is 56.6 Å². The normalized spacial score (nSPS) is 10.4. The fourth-order valence-electron chi connectivity index (χ4n) is 3.00. The lowest BCUT2D eigenvalue weighted by Gasteiger charge is -2.16. The van der Waals surface area contributed by atoms with E-state index in [0.29, 0.717) is 11.4 Å². The van der Waals surface area contributed by atoms with Crippen molar-refractivity contribution in [2.24, 2.45) is 0 Å². The molecule has 0 aliphatic rings. The lowest BCUT2D eigenvalue weighted by molar-refractivity contribution is 0.102. The van der Waals surface area contributed by atoms with Gasteiger partial charge in [-0.3, -0.25) is 9.36 Å². The lowest BCUT2D eigenvalue weighted by atomic mass is 10.2. The van der Waals surface area contributed by atoms with Gasteiger partial charge in [0.2, 0.25) is 11.7 Å². The number of anilines is 2. The number of benzene rings is 1. The number of nitrogens with one attached hydrogen (secondary N) is 1. The van der Waals surface area contributed by atoms with Gasteiger partial charge in [0.15, 0.2) is 5.69 Å². The van der Waals surface area contributed by atoms with Gasteiger partial charge in [-0.15, -0.1) is 0 Å². The smallest absolute Gasteiger partial charge is 0.276 e. The number of fused-ring (bicyclic) bond motifs is 1. The number of rotatable bonds is 4. The summed E-state index contributed by atoms with van der Waals surface area (Å²) in [4.78, 5) is 35.7.